The Morgan fingerprint density at radius 2 is 2.05 bits per heavy atom. The van der Waals surface area contributed by atoms with Crippen LogP contribution < -0.4 is 0 Å². The van der Waals surface area contributed by atoms with Crippen molar-refractivity contribution in [2.24, 2.45) is 0 Å². The fourth-order valence-electron chi connectivity index (χ4n) is 4.27. The van der Waals surface area contributed by atoms with Gasteiger partial charge in [0.1, 0.15) is 5.54 Å². The normalized spacial score (nSPS) is 38.0. The van der Waals surface area contributed by atoms with Crippen LogP contribution in [0.3, 0.4) is 0 Å². The summed E-state index contributed by atoms with van der Waals surface area (Å²) in [6.07, 6.45) is -0.0742. The number of β-amino-alcohol motifs (C(OH)–C–C–N with tert-alkyl or cyclic N) is 1. The lowest BCUT2D eigenvalue weighted by atomic mass is 9.79. The molecule has 0 saturated carbocycles. The van der Waals surface area contributed by atoms with Crippen molar-refractivity contribution >= 4 is 5.78 Å². The summed E-state index contributed by atoms with van der Waals surface area (Å²) >= 11 is 0. The molecular weight excluding hydrogens is 284 g/mol. The van der Waals surface area contributed by atoms with Crippen molar-refractivity contribution in [2.75, 3.05) is 6.54 Å². The Labute approximate surface area is 128 Å². The van der Waals surface area contributed by atoms with Gasteiger partial charge in [0.15, 0.2) is 5.78 Å². The Kier molecular flexibility index (Phi) is 3.53. The number of benzene rings is 1. The van der Waals surface area contributed by atoms with Crippen molar-refractivity contribution in [3.05, 3.63) is 46.0 Å². The van der Waals surface area contributed by atoms with Crippen molar-refractivity contribution in [1.29, 1.82) is 0 Å². The zero-order chi connectivity index (χ0) is 16.1. The molecule has 2 aliphatic heterocycles. The number of aliphatic hydroxyl groups excluding tert-OH is 1. The van der Waals surface area contributed by atoms with Crippen molar-refractivity contribution < 1.29 is 14.8 Å². The molecule has 0 spiro atoms. The second-order valence-electron chi connectivity index (χ2n) is 6.48. The number of carbonyl (C=O) groups excluding carboxylic acids is 1. The summed E-state index contributed by atoms with van der Waals surface area (Å²) in [5, 5.41) is 21.8. The highest BCUT2D eigenvalue weighted by Crippen LogP contribution is 2.49. The summed E-state index contributed by atoms with van der Waals surface area (Å²) in [4.78, 5) is 25.6. The maximum Gasteiger partial charge on any atom is 0.246 e. The van der Waals surface area contributed by atoms with Crippen LogP contribution in [0, 0.1) is 10.1 Å². The van der Waals surface area contributed by atoms with Crippen LogP contribution in [0.2, 0.25) is 0 Å². The topological polar surface area (TPSA) is 83.7 Å². The molecule has 0 aliphatic carbocycles. The maximum atomic E-state index is 12.3. The Morgan fingerprint density at radius 1 is 1.41 bits per heavy atom. The number of nitrogens with zero attached hydrogens (tertiary/aromatic N) is 2. The number of nitro groups is 1. The summed E-state index contributed by atoms with van der Waals surface area (Å²) in [5.74, 6) is -0.603. The molecule has 0 unspecified atom stereocenters. The number of rotatable bonds is 3. The van der Waals surface area contributed by atoms with Gasteiger partial charge in [0.2, 0.25) is 6.04 Å². The minimum atomic E-state index is -1.17. The summed E-state index contributed by atoms with van der Waals surface area (Å²) in [5.41, 5.74) is -0.315. The first-order chi connectivity index (χ1) is 10.4. The molecular formula is C16H20N2O4. The lowest BCUT2D eigenvalue weighted by molar-refractivity contribution is -0.532. The smallest absolute Gasteiger partial charge is 0.246 e. The maximum absolute atomic E-state index is 12.3. The molecule has 2 heterocycles. The molecule has 3 rings (SSSR count). The zero-order valence-corrected chi connectivity index (χ0v) is 12.7. The van der Waals surface area contributed by atoms with E-state index in [0.717, 1.165) is 5.56 Å². The molecule has 6 heteroatoms. The molecule has 0 amide bonds. The van der Waals surface area contributed by atoms with Crippen LogP contribution >= 0.6 is 0 Å². The molecule has 22 heavy (non-hydrogen) atoms. The Hall–Kier alpha value is -1.79. The average molecular weight is 304 g/mol. The second kappa shape index (κ2) is 5.14. The van der Waals surface area contributed by atoms with Crippen molar-refractivity contribution in [2.45, 2.75) is 49.9 Å². The first kappa shape index (κ1) is 15.1. The third kappa shape index (κ3) is 1.98. The van der Waals surface area contributed by atoms with Crippen LogP contribution in [0.1, 0.15) is 31.7 Å². The molecule has 1 aromatic rings. The van der Waals surface area contributed by atoms with E-state index in [1.54, 1.807) is 6.92 Å². The van der Waals surface area contributed by atoms with Gasteiger partial charge in [-0.15, -0.1) is 0 Å². The van der Waals surface area contributed by atoms with Crippen LogP contribution in [0.4, 0.5) is 0 Å². The highest BCUT2D eigenvalue weighted by molar-refractivity contribution is 5.87. The number of fused-ring (bicyclic) bond motifs is 1. The predicted molar refractivity (Wildman–Crippen MR) is 80.2 cm³/mol. The number of aliphatic hydroxyl groups is 1. The van der Waals surface area contributed by atoms with E-state index >= 15 is 0 Å². The van der Waals surface area contributed by atoms with Crippen LogP contribution in [0.15, 0.2) is 30.3 Å². The Bertz CT molecular complexity index is 605. The Morgan fingerprint density at radius 3 is 2.59 bits per heavy atom. The number of carbonyl (C=O) groups is 1. The van der Waals surface area contributed by atoms with Crippen LogP contribution in [0.25, 0.3) is 0 Å². The first-order valence-electron chi connectivity index (χ1n) is 7.51. The van der Waals surface area contributed by atoms with Gasteiger partial charge in [-0.3, -0.25) is 19.8 Å². The SMILES string of the molecule is CC(=O)[C@]1(C)[C@@H]([N+](=O)[O-])[C@H](c2ccccc2)[C@H]2C[C@@H](O)CN21. The van der Waals surface area contributed by atoms with Crippen LogP contribution in [-0.4, -0.2) is 51.0 Å². The van der Waals surface area contributed by atoms with Crippen molar-refractivity contribution in [3.63, 3.8) is 0 Å². The molecule has 0 radical (unpaired) electrons. The zero-order valence-electron chi connectivity index (χ0n) is 12.7. The second-order valence-corrected chi connectivity index (χ2v) is 6.48. The molecule has 2 saturated heterocycles. The van der Waals surface area contributed by atoms with Gasteiger partial charge in [-0.1, -0.05) is 30.3 Å². The summed E-state index contributed by atoms with van der Waals surface area (Å²) < 4.78 is 0. The number of ketones is 1. The molecule has 6 nitrogen and oxygen atoms in total. The number of hydrogen-bond acceptors (Lipinski definition) is 5. The van der Waals surface area contributed by atoms with Crippen LogP contribution in [-0.2, 0) is 4.79 Å². The molecule has 2 fully saturated rings. The van der Waals surface area contributed by atoms with Crippen molar-refractivity contribution in [3.8, 4) is 0 Å². The number of Topliss-reactive ketones (excluding diaryl/α,β-unsaturated/α-hetero) is 1. The van der Waals surface area contributed by atoms with E-state index in [9.17, 15) is 20.0 Å². The van der Waals surface area contributed by atoms with E-state index in [0.29, 0.717) is 13.0 Å². The summed E-state index contributed by atoms with van der Waals surface area (Å²) in [6.45, 7) is 3.37. The van der Waals surface area contributed by atoms with Gasteiger partial charge in [-0.2, -0.15) is 0 Å². The largest absolute Gasteiger partial charge is 0.392 e. The van der Waals surface area contributed by atoms with Gasteiger partial charge in [-0.05, 0) is 25.8 Å². The quantitative estimate of drug-likeness (QED) is 0.670. The fourth-order valence-corrected chi connectivity index (χ4v) is 4.27. The summed E-state index contributed by atoms with van der Waals surface area (Å²) in [7, 11) is 0. The summed E-state index contributed by atoms with van der Waals surface area (Å²) in [6, 6.07) is 8.14. The monoisotopic (exact) mass is 304 g/mol. The van der Waals surface area contributed by atoms with Gasteiger partial charge in [-0.25, -0.2) is 0 Å². The van der Waals surface area contributed by atoms with Gasteiger partial charge < -0.3 is 5.11 Å². The standard InChI is InChI=1S/C16H20N2O4/c1-10(19)16(2)15(18(21)22)14(11-6-4-3-5-7-11)13-8-12(20)9-17(13)16/h3-7,12-15,20H,8-9H2,1-2H3/t12-,13-,14-,15+,16-/m1/s1. The molecule has 118 valence electrons. The average Bonchev–Trinajstić information content (AvgIpc) is 2.95. The third-order valence-corrected chi connectivity index (χ3v) is 5.37. The van der Waals surface area contributed by atoms with Crippen LogP contribution in [0.5, 0.6) is 0 Å². The minimum absolute atomic E-state index is 0.179. The van der Waals surface area contributed by atoms with Gasteiger partial charge in [0.05, 0.1) is 12.0 Å². The van der Waals surface area contributed by atoms with Gasteiger partial charge in [0, 0.05) is 17.5 Å². The lowest BCUT2D eigenvalue weighted by Crippen LogP contribution is -2.56. The first-order valence-corrected chi connectivity index (χ1v) is 7.51. The van der Waals surface area contributed by atoms with Gasteiger partial charge in [0.25, 0.3) is 0 Å². The van der Waals surface area contributed by atoms with E-state index in [2.05, 4.69) is 0 Å². The molecule has 1 aromatic carbocycles. The number of hydrogen-bond donors (Lipinski definition) is 1. The molecule has 0 aromatic heterocycles. The molecule has 1 N–H and O–H groups in total. The highest BCUT2D eigenvalue weighted by atomic mass is 16.6. The van der Waals surface area contributed by atoms with E-state index in [1.165, 1.54) is 6.92 Å². The fraction of sp³-hybridized carbons (Fsp3) is 0.562. The minimum Gasteiger partial charge on any atom is -0.392 e. The molecule has 5 atom stereocenters. The van der Waals surface area contributed by atoms with Gasteiger partial charge >= 0.3 is 0 Å². The molecule has 2 aliphatic rings. The molecule has 0 bridgehead atoms. The Balaban J connectivity index is 2.14. The predicted octanol–water partition coefficient (Wildman–Crippen LogP) is 1.21. The van der Waals surface area contributed by atoms with Crippen molar-refractivity contribution in [1.82, 2.24) is 4.90 Å². The van der Waals surface area contributed by atoms with E-state index in [-0.39, 0.29) is 22.7 Å². The van der Waals surface area contributed by atoms with E-state index < -0.39 is 17.7 Å². The van der Waals surface area contributed by atoms with E-state index in [1.807, 2.05) is 35.2 Å². The highest BCUT2D eigenvalue weighted by Gasteiger charge is 2.67. The lowest BCUT2D eigenvalue weighted by Gasteiger charge is -2.32. The van der Waals surface area contributed by atoms with E-state index in [4.69, 9.17) is 0 Å². The third-order valence-electron chi connectivity index (χ3n) is 5.37.